The fourth-order valence-corrected chi connectivity index (χ4v) is 4.68. The Bertz CT molecular complexity index is 933. The van der Waals surface area contributed by atoms with Gasteiger partial charge >= 0.3 is 5.97 Å². The Morgan fingerprint density at radius 2 is 2.12 bits per heavy atom. The van der Waals surface area contributed by atoms with E-state index in [1.54, 1.807) is 49.1 Å². The zero-order valence-electron chi connectivity index (χ0n) is 14.5. The summed E-state index contributed by atoms with van der Waals surface area (Å²) in [6.45, 7) is 3.84. The number of rotatable bonds is 6. The Balaban J connectivity index is 1.83. The fraction of sp³-hybridized carbons (Fsp3) is 0.200. The highest BCUT2D eigenvalue weighted by Gasteiger charge is 2.11. The molecule has 0 fully saturated rings. The molecule has 3 rings (SSSR count). The van der Waals surface area contributed by atoms with Crippen LogP contribution in [0.15, 0.2) is 46.8 Å². The molecule has 0 saturated heterocycles. The molecule has 1 aromatic heterocycles. The normalized spacial score (nSPS) is 11.3. The third-order valence-corrected chi connectivity index (χ3v) is 6.07. The number of thioether (sulfide) groups is 1. The molecule has 2 aromatic carbocycles. The van der Waals surface area contributed by atoms with Crippen LogP contribution < -0.4 is 0 Å². The molecular formula is C20H18FNO2S2. The van der Waals surface area contributed by atoms with Crippen LogP contribution in [0, 0.1) is 12.7 Å². The first kappa shape index (κ1) is 18.6. The lowest BCUT2D eigenvalue weighted by molar-refractivity contribution is -0.137. The molecule has 1 heterocycles. The number of carbonyl (C=O) groups is 1. The van der Waals surface area contributed by atoms with Gasteiger partial charge in [-0.25, -0.2) is 14.2 Å². The summed E-state index contributed by atoms with van der Waals surface area (Å²) in [6, 6.07) is 11.1. The molecule has 0 aliphatic heterocycles. The van der Waals surface area contributed by atoms with Gasteiger partial charge in [-0.05, 0) is 54.8 Å². The van der Waals surface area contributed by atoms with Gasteiger partial charge < -0.3 is 4.74 Å². The van der Waals surface area contributed by atoms with E-state index in [-0.39, 0.29) is 5.82 Å². The number of aromatic nitrogens is 1. The zero-order chi connectivity index (χ0) is 18.5. The second-order valence-electron chi connectivity index (χ2n) is 5.56. The number of hydrogen-bond acceptors (Lipinski definition) is 5. The highest BCUT2D eigenvalue weighted by atomic mass is 32.2. The van der Waals surface area contributed by atoms with E-state index in [4.69, 9.17) is 4.74 Å². The van der Waals surface area contributed by atoms with Crippen molar-refractivity contribution in [1.82, 2.24) is 4.98 Å². The quantitative estimate of drug-likeness (QED) is 0.313. The summed E-state index contributed by atoms with van der Waals surface area (Å²) in [5.74, 6) is -0.0798. The molecule has 134 valence electrons. The van der Waals surface area contributed by atoms with Crippen LogP contribution in [0.4, 0.5) is 4.39 Å². The van der Waals surface area contributed by atoms with E-state index in [9.17, 15) is 9.18 Å². The Hall–Kier alpha value is -2.18. The number of nitrogens with zero attached hydrogens (tertiary/aromatic N) is 1. The zero-order valence-corrected chi connectivity index (χ0v) is 16.1. The second-order valence-corrected chi connectivity index (χ2v) is 7.81. The molecule has 0 spiro atoms. The molecule has 0 amide bonds. The number of esters is 1. The number of fused-ring (bicyclic) bond motifs is 1. The van der Waals surface area contributed by atoms with E-state index >= 15 is 0 Å². The van der Waals surface area contributed by atoms with Crippen LogP contribution in [0.5, 0.6) is 0 Å². The largest absolute Gasteiger partial charge is 0.463 e. The molecule has 0 N–H and O–H groups in total. The predicted octanol–water partition coefficient (Wildman–Crippen LogP) is 5.61. The van der Waals surface area contributed by atoms with Gasteiger partial charge in [0.25, 0.3) is 0 Å². The van der Waals surface area contributed by atoms with Crippen molar-refractivity contribution >= 4 is 45.4 Å². The second kappa shape index (κ2) is 8.47. The summed E-state index contributed by atoms with van der Waals surface area (Å²) in [5, 5.41) is 0. The van der Waals surface area contributed by atoms with Gasteiger partial charge in [0, 0.05) is 11.8 Å². The standard InChI is InChI=1S/C20H18FNO2S2/c1-3-24-19(23)11-9-14-8-10-16(21)13(2)15(14)12-25-20-22-17-6-4-5-7-18(17)26-20/h4-11H,3,12H2,1-2H3/b11-9+. The average molecular weight is 388 g/mol. The van der Waals surface area contributed by atoms with Gasteiger partial charge in [0.05, 0.1) is 16.8 Å². The minimum absolute atomic E-state index is 0.252. The minimum Gasteiger partial charge on any atom is -0.463 e. The molecule has 0 atom stereocenters. The summed E-state index contributed by atoms with van der Waals surface area (Å²) in [5.41, 5.74) is 3.23. The number of carbonyl (C=O) groups excluding carboxylic acids is 1. The van der Waals surface area contributed by atoms with Gasteiger partial charge in [-0.15, -0.1) is 11.3 Å². The van der Waals surface area contributed by atoms with Crippen LogP contribution in [0.2, 0.25) is 0 Å². The van der Waals surface area contributed by atoms with E-state index in [0.29, 0.717) is 17.9 Å². The van der Waals surface area contributed by atoms with E-state index < -0.39 is 5.97 Å². The molecule has 0 bridgehead atoms. The monoisotopic (exact) mass is 387 g/mol. The average Bonchev–Trinajstić information content (AvgIpc) is 3.05. The SMILES string of the molecule is CCOC(=O)/C=C/c1ccc(F)c(C)c1CSc1nc2ccccc2s1. The minimum atomic E-state index is -0.403. The van der Waals surface area contributed by atoms with Gasteiger partial charge in [-0.2, -0.15) is 0 Å². The molecule has 0 unspecified atom stereocenters. The van der Waals surface area contributed by atoms with Crippen molar-refractivity contribution in [3.05, 3.63) is 65.0 Å². The number of hydrogen-bond donors (Lipinski definition) is 0. The van der Waals surface area contributed by atoms with Gasteiger partial charge in [-0.3, -0.25) is 0 Å². The van der Waals surface area contributed by atoms with Crippen LogP contribution >= 0.6 is 23.1 Å². The lowest BCUT2D eigenvalue weighted by atomic mass is 10.0. The van der Waals surface area contributed by atoms with E-state index in [1.807, 2.05) is 24.3 Å². The van der Waals surface area contributed by atoms with Crippen molar-refractivity contribution in [2.45, 2.75) is 23.9 Å². The van der Waals surface area contributed by atoms with Crippen LogP contribution in [-0.4, -0.2) is 17.6 Å². The number of para-hydroxylation sites is 1. The lowest BCUT2D eigenvalue weighted by Crippen LogP contribution is -2.00. The maximum absolute atomic E-state index is 14.0. The third-order valence-electron chi connectivity index (χ3n) is 3.87. The summed E-state index contributed by atoms with van der Waals surface area (Å²) in [6.07, 6.45) is 3.06. The summed E-state index contributed by atoms with van der Waals surface area (Å²) in [4.78, 5) is 16.2. The van der Waals surface area contributed by atoms with E-state index in [2.05, 4.69) is 4.98 Å². The molecule has 26 heavy (non-hydrogen) atoms. The fourth-order valence-electron chi connectivity index (χ4n) is 2.49. The smallest absolute Gasteiger partial charge is 0.330 e. The Labute approximate surface area is 159 Å². The molecule has 3 nitrogen and oxygen atoms in total. The summed E-state index contributed by atoms with van der Waals surface area (Å²) in [7, 11) is 0. The number of halogens is 1. The number of benzene rings is 2. The van der Waals surface area contributed by atoms with Crippen LogP contribution in [0.3, 0.4) is 0 Å². The first-order chi connectivity index (χ1) is 12.6. The Morgan fingerprint density at radius 3 is 2.88 bits per heavy atom. The number of thiazole rings is 1. The van der Waals surface area contributed by atoms with Crippen molar-refractivity contribution in [3.8, 4) is 0 Å². The highest BCUT2D eigenvalue weighted by molar-refractivity contribution is 8.00. The first-order valence-electron chi connectivity index (χ1n) is 8.19. The first-order valence-corrected chi connectivity index (χ1v) is 10.00. The summed E-state index contributed by atoms with van der Waals surface area (Å²) < 4.78 is 21.0. The van der Waals surface area contributed by atoms with Crippen molar-refractivity contribution in [1.29, 1.82) is 0 Å². The molecule has 0 saturated carbocycles. The van der Waals surface area contributed by atoms with Crippen molar-refractivity contribution in [3.63, 3.8) is 0 Å². The topological polar surface area (TPSA) is 39.2 Å². The lowest BCUT2D eigenvalue weighted by Gasteiger charge is -2.10. The molecule has 3 aromatic rings. The maximum atomic E-state index is 14.0. The Morgan fingerprint density at radius 1 is 1.31 bits per heavy atom. The highest BCUT2D eigenvalue weighted by Crippen LogP contribution is 2.33. The van der Waals surface area contributed by atoms with Gasteiger partial charge in [0.1, 0.15) is 5.82 Å². The van der Waals surface area contributed by atoms with Crippen molar-refractivity contribution in [2.75, 3.05) is 6.61 Å². The molecule has 0 aliphatic rings. The van der Waals surface area contributed by atoms with Crippen molar-refractivity contribution in [2.24, 2.45) is 0 Å². The number of ether oxygens (including phenoxy) is 1. The molecule has 0 radical (unpaired) electrons. The third kappa shape index (κ3) is 4.31. The van der Waals surface area contributed by atoms with Crippen molar-refractivity contribution < 1.29 is 13.9 Å². The van der Waals surface area contributed by atoms with Crippen LogP contribution in [0.25, 0.3) is 16.3 Å². The van der Waals surface area contributed by atoms with Gasteiger partial charge in [0.2, 0.25) is 0 Å². The molecule has 6 heteroatoms. The maximum Gasteiger partial charge on any atom is 0.330 e. The predicted molar refractivity (Wildman–Crippen MR) is 106 cm³/mol. The molecular weight excluding hydrogens is 369 g/mol. The van der Waals surface area contributed by atoms with E-state index in [0.717, 1.165) is 25.7 Å². The van der Waals surface area contributed by atoms with Gasteiger partial charge in [-0.1, -0.05) is 30.0 Å². The Kier molecular flexibility index (Phi) is 6.06. The van der Waals surface area contributed by atoms with Gasteiger partial charge in [0.15, 0.2) is 4.34 Å². The van der Waals surface area contributed by atoms with E-state index in [1.165, 1.54) is 12.1 Å². The summed E-state index contributed by atoms with van der Waals surface area (Å²) >= 11 is 3.19. The van der Waals surface area contributed by atoms with Crippen LogP contribution in [0.1, 0.15) is 23.6 Å². The van der Waals surface area contributed by atoms with Crippen LogP contribution in [-0.2, 0) is 15.3 Å². The molecule has 0 aliphatic carbocycles.